The SMILES string of the molecule is Cc1cc(CNS(=O)(=O)c2ccc(C(F)(F)F)cc2)c2ncccc2c1. The average molecular weight is 380 g/mol. The summed E-state index contributed by atoms with van der Waals surface area (Å²) in [6, 6.07) is 10.8. The molecule has 1 heterocycles. The van der Waals surface area contributed by atoms with Gasteiger partial charge in [-0.2, -0.15) is 13.2 Å². The molecule has 1 aromatic heterocycles. The fourth-order valence-electron chi connectivity index (χ4n) is 2.65. The largest absolute Gasteiger partial charge is 0.416 e. The molecule has 8 heteroatoms. The Balaban J connectivity index is 1.85. The van der Waals surface area contributed by atoms with E-state index in [1.807, 2.05) is 25.1 Å². The highest BCUT2D eigenvalue weighted by Gasteiger charge is 2.30. The molecule has 0 fully saturated rings. The lowest BCUT2D eigenvalue weighted by atomic mass is 10.1. The normalized spacial score (nSPS) is 12.5. The molecule has 136 valence electrons. The zero-order chi connectivity index (χ0) is 18.9. The topological polar surface area (TPSA) is 59.1 Å². The smallest absolute Gasteiger partial charge is 0.256 e. The fraction of sp³-hybridized carbons (Fsp3) is 0.167. The summed E-state index contributed by atoms with van der Waals surface area (Å²) in [4.78, 5) is 4.05. The highest BCUT2D eigenvalue weighted by Crippen LogP contribution is 2.29. The Kier molecular flexibility index (Phi) is 4.72. The van der Waals surface area contributed by atoms with Crippen LogP contribution in [0.5, 0.6) is 0 Å². The van der Waals surface area contributed by atoms with Crippen LogP contribution >= 0.6 is 0 Å². The van der Waals surface area contributed by atoms with Crippen LogP contribution in [0.15, 0.2) is 59.6 Å². The summed E-state index contributed by atoms with van der Waals surface area (Å²) >= 11 is 0. The molecule has 2 aromatic carbocycles. The lowest BCUT2D eigenvalue weighted by Crippen LogP contribution is -2.23. The summed E-state index contributed by atoms with van der Waals surface area (Å²) in [6.07, 6.45) is -2.90. The number of hydrogen-bond donors (Lipinski definition) is 1. The van der Waals surface area contributed by atoms with Crippen LogP contribution in [0.25, 0.3) is 10.9 Å². The van der Waals surface area contributed by atoms with Crippen molar-refractivity contribution in [3.05, 3.63) is 71.4 Å². The summed E-state index contributed by atoms with van der Waals surface area (Å²) in [7, 11) is -3.95. The molecular formula is C18H15F3N2O2S. The number of halogens is 3. The van der Waals surface area contributed by atoms with Gasteiger partial charge in [-0.15, -0.1) is 0 Å². The quantitative estimate of drug-likeness (QED) is 0.743. The monoisotopic (exact) mass is 380 g/mol. The van der Waals surface area contributed by atoms with Crippen molar-refractivity contribution in [1.29, 1.82) is 0 Å². The minimum Gasteiger partial charge on any atom is -0.256 e. The van der Waals surface area contributed by atoms with Crippen molar-refractivity contribution in [2.24, 2.45) is 0 Å². The molecule has 0 radical (unpaired) electrons. The van der Waals surface area contributed by atoms with Crippen molar-refractivity contribution in [3.8, 4) is 0 Å². The third-order valence-corrected chi connectivity index (χ3v) is 5.29. The van der Waals surface area contributed by atoms with Crippen LogP contribution < -0.4 is 4.72 Å². The summed E-state index contributed by atoms with van der Waals surface area (Å²) in [5.74, 6) is 0. The van der Waals surface area contributed by atoms with Gasteiger partial charge in [0.2, 0.25) is 10.0 Å². The van der Waals surface area contributed by atoms with E-state index in [2.05, 4.69) is 9.71 Å². The number of fused-ring (bicyclic) bond motifs is 1. The zero-order valence-corrected chi connectivity index (χ0v) is 14.5. The molecule has 3 rings (SSSR count). The number of benzene rings is 2. The van der Waals surface area contributed by atoms with Crippen LogP contribution in [-0.4, -0.2) is 13.4 Å². The van der Waals surface area contributed by atoms with Crippen LogP contribution in [0.3, 0.4) is 0 Å². The van der Waals surface area contributed by atoms with Gasteiger partial charge < -0.3 is 0 Å². The summed E-state index contributed by atoms with van der Waals surface area (Å²) in [6.45, 7) is 1.87. The van der Waals surface area contributed by atoms with E-state index in [1.54, 1.807) is 12.3 Å². The van der Waals surface area contributed by atoms with E-state index in [1.165, 1.54) is 0 Å². The Hall–Kier alpha value is -2.45. The number of aromatic nitrogens is 1. The Morgan fingerprint density at radius 1 is 1.08 bits per heavy atom. The molecule has 0 saturated carbocycles. The molecule has 1 N–H and O–H groups in total. The predicted octanol–water partition coefficient (Wildman–Crippen LogP) is 4.04. The maximum atomic E-state index is 12.6. The van der Waals surface area contributed by atoms with E-state index in [0.29, 0.717) is 11.1 Å². The molecular weight excluding hydrogens is 365 g/mol. The first-order chi connectivity index (χ1) is 12.2. The summed E-state index contributed by atoms with van der Waals surface area (Å²) in [5, 5.41) is 0.885. The van der Waals surface area contributed by atoms with Gasteiger partial charge in [0.05, 0.1) is 16.0 Å². The Bertz CT molecular complexity index is 1050. The number of aryl methyl sites for hydroxylation is 1. The molecule has 0 unspecified atom stereocenters. The van der Waals surface area contributed by atoms with E-state index >= 15 is 0 Å². The van der Waals surface area contributed by atoms with Gasteiger partial charge >= 0.3 is 6.18 Å². The summed E-state index contributed by atoms with van der Waals surface area (Å²) in [5.41, 5.74) is 1.42. The van der Waals surface area contributed by atoms with Gasteiger partial charge in [0.1, 0.15) is 0 Å². The van der Waals surface area contributed by atoms with Gasteiger partial charge in [-0.3, -0.25) is 4.98 Å². The van der Waals surface area contributed by atoms with Gasteiger partial charge in [-0.1, -0.05) is 17.7 Å². The molecule has 0 aliphatic heterocycles. The van der Waals surface area contributed by atoms with E-state index < -0.39 is 21.8 Å². The molecule has 4 nitrogen and oxygen atoms in total. The molecule has 3 aromatic rings. The minimum atomic E-state index is -4.51. The maximum absolute atomic E-state index is 12.6. The number of pyridine rings is 1. The first-order valence-electron chi connectivity index (χ1n) is 7.68. The number of alkyl halides is 3. The fourth-order valence-corrected chi connectivity index (χ4v) is 3.65. The molecule has 0 atom stereocenters. The van der Waals surface area contributed by atoms with Crippen molar-refractivity contribution in [2.75, 3.05) is 0 Å². The first-order valence-corrected chi connectivity index (χ1v) is 9.16. The van der Waals surface area contributed by atoms with Crippen molar-refractivity contribution in [1.82, 2.24) is 9.71 Å². The molecule has 26 heavy (non-hydrogen) atoms. The minimum absolute atomic E-state index is 0.0153. The van der Waals surface area contributed by atoms with Gasteiger partial charge in [0.25, 0.3) is 0 Å². The van der Waals surface area contributed by atoms with Crippen molar-refractivity contribution >= 4 is 20.9 Å². The maximum Gasteiger partial charge on any atom is 0.416 e. The van der Waals surface area contributed by atoms with Crippen LogP contribution in [0.1, 0.15) is 16.7 Å². The molecule has 0 spiro atoms. The molecule has 0 aliphatic rings. The summed E-state index contributed by atoms with van der Waals surface area (Å²) < 4.78 is 65.0. The van der Waals surface area contributed by atoms with E-state index in [4.69, 9.17) is 0 Å². The third-order valence-electron chi connectivity index (χ3n) is 3.87. The van der Waals surface area contributed by atoms with Crippen LogP contribution in [0.2, 0.25) is 0 Å². The number of rotatable bonds is 4. The predicted molar refractivity (Wildman–Crippen MR) is 91.9 cm³/mol. The lowest BCUT2D eigenvalue weighted by molar-refractivity contribution is -0.137. The Morgan fingerprint density at radius 3 is 2.42 bits per heavy atom. The average Bonchev–Trinajstić information content (AvgIpc) is 2.59. The van der Waals surface area contributed by atoms with Crippen molar-refractivity contribution in [2.45, 2.75) is 24.5 Å². The van der Waals surface area contributed by atoms with Gasteiger partial charge in [0.15, 0.2) is 0 Å². The number of sulfonamides is 1. The van der Waals surface area contributed by atoms with Crippen LogP contribution in [0.4, 0.5) is 13.2 Å². The molecule has 0 saturated heterocycles. The van der Waals surface area contributed by atoms with E-state index in [0.717, 1.165) is 35.2 Å². The molecule has 0 amide bonds. The standard InChI is InChI=1S/C18H15F3N2O2S/c1-12-9-13-3-2-8-22-17(13)14(10-12)11-23-26(24,25)16-6-4-15(5-7-16)18(19,20)21/h2-10,23H,11H2,1H3. The Morgan fingerprint density at radius 2 is 1.77 bits per heavy atom. The molecule has 0 aliphatic carbocycles. The van der Waals surface area contributed by atoms with Gasteiger partial charge in [-0.05, 0) is 48.9 Å². The third kappa shape index (κ3) is 3.86. The number of nitrogens with zero attached hydrogens (tertiary/aromatic N) is 1. The highest BCUT2D eigenvalue weighted by atomic mass is 32.2. The first kappa shape index (κ1) is 18.3. The van der Waals surface area contributed by atoms with E-state index in [-0.39, 0.29) is 11.4 Å². The second-order valence-electron chi connectivity index (χ2n) is 5.85. The second-order valence-corrected chi connectivity index (χ2v) is 7.61. The molecule has 0 bridgehead atoms. The van der Waals surface area contributed by atoms with Gasteiger partial charge in [0, 0.05) is 18.1 Å². The Labute approximate surface area is 148 Å². The van der Waals surface area contributed by atoms with Crippen LogP contribution in [-0.2, 0) is 22.7 Å². The zero-order valence-electron chi connectivity index (χ0n) is 13.7. The lowest BCUT2D eigenvalue weighted by Gasteiger charge is -2.11. The number of hydrogen-bond acceptors (Lipinski definition) is 3. The van der Waals surface area contributed by atoms with Crippen molar-refractivity contribution < 1.29 is 21.6 Å². The second kappa shape index (κ2) is 6.69. The van der Waals surface area contributed by atoms with Crippen molar-refractivity contribution in [3.63, 3.8) is 0 Å². The number of nitrogens with one attached hydrogen (secondary N) is 1. The van der Waals surface area contributed by atoms with E-state index in [9.17, 15) is 21.6 Å². The highest BCUT2D eigenvalue weighted by molar-refractivity contribution is 7.89. The van der Waals surface area contributed by atoms with Gasteiger partial charge in [-0.25, -0.2) is 13.1 Å². The van der Waals surface area contributed by atoms with Crippen LogP contribution in [0, 0.1) is 6.92 Å².